The first-order chi connectivity index (χ1) is 9.50. The summed E-state index contributed by atoms with van der Waals surface area (Å²) >= 11 is 0. The molecule has 1 aromatic carbocycles. The molecule has 3 N–H and O–H groups in total. The van der Waals surface area contributed by atoms with Crippen LogP contribution in [0.15, 0.2) is 30.3 Å². The highest BCUT2D eigenvalue weighted by Crippen LogP contribution is 2.25. The second-order valence-corrected chi connectivity index (χ2v) is 5.30. The Kier molecular flexibility index (Phi) is 4.39. The van der Waals surface area contributed by atoms with E-state index < -0.39 is 5.92 Å². The van der Waals surface area contributed by atoms with E-state index in [1.165, 1.54) is 0 Å². The van der Waals surface area contributed by atoms with E-state index in [-0.39, 0.29) is 36.5 Å². The molecule has 20 heavy (non-hydrogen) atoms. The molecule has 1 fully saturated rings. The summed E-state index contributed by atoms with van der Waals surface area (Å²) in [6.45, 7) is 3.78. The lowest BCUT2D eigenvalue weighted by Gasteiger charge is -2.41. The van der Waals surface area contributed by atoms with Gasteiger partial charge in [-0.05, 0) is 19.4 Å². The number of rotatable bonds is 5. The van der Waals surface area contributed by atoms with E-state index in [2.05, 4.69) is 5.32 Å². The summed E-state index contributed by atoms with van der Waals surface area (Å²) in [5.74, 6) is -1.11. The minimum atomic E-state index is -0.396. The van der Waals surface area contributed by atoms with Gasteiger partial charge in [-0.3, -0.25) is 9.59 Å². The third-order valence-corrected chi connectivity index (χ3v) is 3.70. The minimum Gasteiger partial charge on any atom is -0.461 e. The topological polar surface area (TPSA) is 81.4 Å². The number of esters is 1. The van der Waals surface area contributed by atoms with E-state index in [9.17, 15) is 9.59 Å². The summed E-state index contributed by atoms with van der Waals surface area (Å²) in [4.78, 5) is 23.5. The number of carbonyl (C=O) groups excluding carboxylic acids is 2. The van der Waals surface area contributed by atoms with Crippen LogP contribution in [0.4, 0.5) is 0 Å². The number of hydrogen-bond acceptors (Lipinski definition) is 4. The second kappa shape index (κ2) is 6.05. The summed E-state index contributed by atoms with van der Waals surface area (Å²) < 4.78 is 5.28. The van der Waals surface area contributed by atoms with Gasteiger partial charge in [0.2, 0.25) is 5.91 Å². The molecule has 1 heterocycles. The highest BCUT2D eigenvalue weighted by molar-refractivity contribution is 5.89. The first-order valence-corrected chi connectivity index (χ1v) is 6.77. The van der Waals surface area contributed by atoms with Gasteiger partial charge in [0.25, 0.3) is 0 Å². The van der Waals surface area contributed by atoms with Crippen LogP contribution >= 0.6 is 0 Å². The molecule has 0 radical (unpaired) electrons. The van der Waals surface area contributed by atoms with E-state index >= 15 is 0 Å². The van der Waals surface area contributed by atoms with Crippen molar-refractivity contribution in [2.24, 2.45) is 17.6 Å². The molecule has 0 aliphatic carbocycles. The van der Waals surface area contributed by atoms with Gasteiger partial charge in [0.1, 0.15) is 6.61 Å². The maximum atomic E-state index is 12.0. The maximum Gasteiger partial charge on any atom is 0.311 e. The number of carbonyl (C=O) groups is 2. The summed E-state index contributed by atoms with van der Waals surface area (Å²) in [6.07, 6.45) is 0. The summed E-state index contributed by atoms with van der Waals surface area (Å²) in [6, 6.07) is 8.99. The Labute approximate surface area is 118 Å². The van der Waals surface area contributed by atoms with Gasteiger partial charge >= 0.3 is 5.97 Å². The zero-order valence-electron chi connectivity index (χ0n) is 11.7. The van der Waals surface area contributed by atoms with Crippen LogP contribution in [0.5, 0.6) is 0 Å². The van der Waals surface area contributed by atoms with E-state index in [1.807, 2.05) is 30.3 Å². The Balaban J connectivity index is 1.88. The Morgan fingerprint density at radius 2 is 2.00 bits per heavy atom. The highest BCUT2D eigenvalue weighted by atomic mass is 16.5. The van der Waals surface area contributed by atoms with Gasteiger partial charge in [-0.15, -0.1) is 0 Å². The molecule has 2 rings (SSSR count). The molecule has 108 valence electrons. The zero-order valence-corrected chi connectivity index (χ0v) is 11.7. The first kappa shape index (κ1) is 14.5. The largest absolute Gasteiger partial charge is 0.461 e. The summed E-state index contributed by atoms with van der Waals surface area (Å²) in [7, 11) is 0. The van der Waals surface area contributed by atoms with Crippen molar-refractivity contribution in [3.63, 3.8) is 0 Å². The molecule has 0 aromatic heterocycles. The lowest BCUT2D eigenvalue weighted by Crippen LogP contribution is -2.66. The monoisotopic (exact) mass is 276 g/mol. The number of amides is 1. The van der Waals surface area contributed by atoms with Crippen molar-refractivity contribution in [1.29, 1.82) is 0 Å². The van der Waals surface area contributed by atoms with Crippen molar-refractivity contribution in [3.8, 4) is 0 Å². The molecule has 1 aliphatic heterocycles. The lowest BCUT2D eigenvalue weighted by atomic mass is 9.78. The van der Waals surface area contributed by atoms with Crippen LogP contribution in [-0.4, -0.2) is 24.0 Å². The van der Waals surface area contributed by atoms with Crippen molar-refractivity contribution < 1.29 is 14.3 Å². The van der Waals surface area contributed by atoms with Gasteiger partial charge < -0.3 is 15.8 Å². The molecule has 0 saturated carbocycles. The number of nitrogens with two attached hydrogens (primary N) is 1. The number of nitrogens with one attached hydrogen (secondary N) is 1. The standard InChI is InChI=1S/C15H20N2O3/c1-9(13-12(10(2)16)14(18)17-13)15(19)20-8-11-6-4-3-5-7-11/h3-7,9-10,12-13H,8,16H2,1-2H3,(H,17,18)/t9?,10?,12-,13-/m1/s1. The molecule has 5 heteroatoms. The maximum absolute atomic E-state index is 12.0. The lowest BCUT2D eigenvalue weighted by molar-refractivity contribution is -0.155. The van der Waals surface area contributed by atoms with Crippen molar-refractivity contribution >= 4 is 11.9 Å². The van der Waals surface area contributed by atoms with Crippen molar-refractivity contribution in [2.75, 3.05) is 0 Å². The molecular formula is C15H20N2O3. The summed E-state index contributed by atoms with van der Waals surface area (Å²) in [5.41, 5.74) is 6.71. The number of benzene rings is 1. The van der Waals surface area contributed by atoms with Gasteiger partial charge in [-0.1, -0.05) is 30.3 Å². The Morgan fingerprint density at radius 3 is 2.55 bits per heavy atom. The third kappa shape index (κ3) is 2.99. The molecule has 2 unspecified atom stereocenters. The van der Waals surface area contributed by atoms with Crippen LogP contribution in [0.25, 0.3) is 0 Å². The minimum absolute atomic E-state index is 0.0901. The van der Waals surface area contributed by atoms with Gasteiger partial charge in [-0.2, -0.15) is 0 Å². The Morgan fingerprint density at radius 1 is 1.35 bits per heavy atom. The third-order valence-electron chi connectivity index (χ3n) is 3.70. The predicted octanol–water partition coefficient (Wildman–Crippen LogP) is 0.828. The number of ether oxygens (including phenoxy) is 1. The average molecular weight is 276 g/mol. The fourth-order valence-corrected chi connectivity index (χ4v) is 2.43. The molecule has 5 nitrogen and oxygen atoms in total. The quantitative estimate of drug-likeness (QED) is 0.616. The van der Waals surface area contributed by atoms with Gasteiger partial charge in [0.15, 0.2) is 0 Å². The molecule has 1 saturated heterocycles. The van der Waals surface area contributed by atoms with Crippen LogP contribution in [0, 0.1) is 11.8 Å². The summed E-state index contributed by atoms with van der Waals surface area (Å²) in [5, 5.41) is 2.73. The van der Waals surface area contributed by atoms with E-state index in [0.29, 0.717) is 0 Å². The average Bonchev–Trinajstić information content (AvgIpc) is 2.41. The van der Waals surface area contributed by atoms with E-state index in [1.54, 1.807) is 13.8 Å². The zero-order chi connectivity index (χ0) is 14.7. The fourth-order valence-electron chi connectivity index (χ4n) is 2.43. The highest BCUT2D eigenvalue weighted by Gasteiger charge is 2.46. The molecule has 1 aromatic rings. The second-order valence-electron chi connectivity index (χ2n) is 5.30. The molecule has 0 spiro atoms. The number of β-lactam (4-membered cyclic amide) rings is 1. The van der Waals surface area contributed by atoms with E-state index in [0.717, 1.165) is 5.56 Å². The van der Waals surface area contributed by atoms with Crippen LogP contribution in [-0.2, 0) is 20.9 Å². The van der Waals surface area contributed by atoms with Crippen LogP contribution in [0.1, 0.15) is 19.4 Å². The first-order valence-electron chi connectivity index (χ1n) is 6.77. The molecular weight excluding hydrogens is 256 g/mol. The van der Waals surface area contributed by atoms with Gasteiger partial charge in [-0.25, -0.2) is 0 Å². The van der Waals surface area contributed by atoms with Crippen LogP contribution in [0.2, 0.25) is 0 Å². The van der Waals surface area contributed by atoms with E-state index in [4.69, 9.17) is 10.5 Å². The fraction of sp³-hybridized carbons (Fsp3) is 0.467. The Bertz CT molecular complexity index is 487. The SMILES string of the molecule is CC(C(=O)OCc1ccccc1)[C@H]1NC(=O)[C@@H]1C(C)N. The van der Waals surface area contributed by atoms with Gasteiger partial charge in [0, 0.05) is 6.04 Å². The molecule has 1 aliphatic rings. The molecule has 0 bridgehead atoms. The van der Waals surface area contributed by atoms with Crippen molar-refractivity contribution in [2.45, 2.75) is 32.5 Å². The smallest absolute Gasteiger partial charge is 0.311 e. The van der Waals surface area contributed by atoms with Crippen molar-refractivity contribution in [1.82, 2.24) is 5.32 Å². The normalized spacial score (nSPS) is 24.2. The Hall–Kier alpha value is -1.88. The number of hydrogen-bond donors (Lipinski definition) is 2. The van der Waals surface area contributed by atoms with Crippen LogP contribution in [0.3, 0.4) is 0 Å². The van der Waals surface area contributed by atoms with Gasteiger partial charge in [0.05, 0.1) is 17.9 Å². The molecule has 4 atom stereocenters. The van der Waals surface area contributed by atoms with Crippen LogP contribution < -0.4 is 11.1 Å². The molecule has 1 amide bonds. The predicted molar refractivity (Wildman–Crippen MR) is 74.5 cm³/mol. The van der Waals surface area contributed by atoms with Crippen molar-refractivity contribution in [3.05, 3.63) is 35.9 Å².